The number of hydrogen-bond donors (Lipinski definition) is 4. The summed E-state index contributed by atoms with van der Waals surface area (Å²) in [5, 5.41) is 14.4. The number of carbonyl (C=O) groups excluding carboxylic acids is 11. The number of hydrogen-bond acceptors (Lipinski definition) is 17. The molecule has 0 aromatic heterocycles. The zero-order chi connectivity index (χ0) is 79.0. The van der Waals surface area contributed by atoms with E-state index in [0.29, 0.717) is 55.4 Å². The number of unbranched alkanes of at least 4 members (excludes halogenated alkanes) is 3. The van der Waals surface area contributed by atoms with E-state index in [1.807, 2.05) is 74.4 Å². The number of benzene rings is 2. The van der Waals surface area contributed by atoms with Gasteiger partial charge in [-0.15, -0.1) is 11.8 Å². The third-order valence-electron chi connectivity index (χ3n) is 21.8. The maximum atomic E-state index is 15.2. The van der Waals surface area contributed by atoms with Crippen molar-refractivity contribution in [3.05, 3.63) is 70.8 Å². The van der Waals surface area contributed by atoms with E-state index in [9.17, 15) is 66.6 Å². The maximum Gasteiger partial charge on any atom is 0.410 e. The van der Waals surface area contributed by atoms with Crippen LogP contribution in [0.3, 0.4) is 0 Å². The summed E-state index contributed by atoms with van der Waals surface area (Å²) in [6.45, 7) is 16.9. The van der Waals surface area contributed by atoms with Crippen LogP contribution in [-0.4, -0.2) is 216 Å². The molecule has 2 aromatic rings. The number of carboxylic acids is 1. The fourth-order valence-electron chi connectivity index (χ4n) is 14.9. The standard InChI is InChI=1S/C79H120F2N8O16S/c1-16-50(8)72(87(13)76(100)58(48(4)5)40-64(92)71(49(6)7)85(10)11)65(103-14)41-68(94)89-44-54(38-62(89)73(104-15)51(9)74(98)83-35-32-56-59(80)24-22-25-60(56)81)86(12)78(102)105-45-53-30-28-52(29-31-53)37-63(91)61(26-19-20-27-67(82)93)84-75(99)57(47(2)3)39-55(90)23-18-17-21-36-88-69(95)42-66(77(88)101)106-46-79(33-34-79)43-70(96)97/h22,24-25,28-31,47-51,54,57-58,61-62,65-66,71-73H,16-21,23,26-27,32-46H2,1-15H3,(H2,82,93)(H,83,98)(H,84,99)(H,96,97)/t50-,51+,54-,57-,58-,61-,62-,65+,66?,71-,72-,73+/m0/s1. The van der Waals surface area contributed by atoms with Gasteiger partial charge in [-0.1, -0.05) is 112 Å². The first-order valence-corrected chi connectivity index (χ1v) is 38.8. The van der Waals surface area contributed by atoms with Gasteiger partial charge in [0.1, 0.15) is 24.0 Å². The third kappa shape index (κ3) is 26.0. The molecule has 106 heavy (non-hydrogen) atoms. The molecule has 3 fully saturated rings. The molecule has 2 heterocycles. The molecule has 2 saturated heterocycles. The number of likely N-dealkylation sites (N-methyl/N-ethyl adjacent to an activating group) is 3. The Kier molecular flexibility index (Phi) is 35.8. The number of ketones is 3. The normalized spacial score (nSPS) is 18.9. The predicted molar refractivity (Wildman–Crippen MR) is 399 cm³/mol. The first-order valence-electron chi connectivity index (χ1n) is 37.8. The smallest absolute Gasteiger partial charge is 0.410 e. The van der Waals surface area contributed by atoms with E-state index in [1.54, 1.807) is 48.0 Å². The Labute approximate surface area is 630 Å². The van der Waals surface area contributed by atoms with Gasteiger partial charge in [0.05, 0.1) is 66.4 Å². The second-order valence-electron chi connectivity index (χ2n) is 31.0. The number of rotatable bonds is 48. The number of nitrogens with zero attached hydrogens (tertiary/aromatic N) is 5. The number of primary amides is 1. The molecule has 1 aliphatic carbocycles. The second kappa shape index (κ2) is 42.5. The Morgan fingerprint density at radius 2 is 1.40 bits per heavy atom. The van der Waals surface area contributed by atoms with Gasteiger partial charge >= 0.3 is 12.1 Å². The van der Waals surface area contributed by atoms with Crippen LogP contribution in [0.4, 0.5) is 13.6 Å². The Balaban J connectivity index is 1.25. The van der Waals surface area contributed by atoms with E-state index >= 15 is 4.79 Å². The summed E-state index contributed by atoms with van der Waals surface area (Å²) in [5.74, 6) is -8.08. The quantitative estimate of drug-likeness (QED) is 0.0354. The molecule has 0 spiro atoms. The van der Waals surface area contributed by atoms with Gasteiger partial charge in [-0.2, -0.15) is 0 Å². The average molecular weight is 1510 g/mol. The Morgan fingerprint density at radius 1 is 0.764 bits per heavy atom. The topological polar surface area (TPSA) is 319 Å². The highest BCUT2D eigenvalue weighted by atomic mass is 32.2. The van der Waals surface area contributed by atoms with Crippen LogP contribution in [0.15, 0.2) is 42.5 Å². The van der Waals surface area contributed by atoms with Crippen LogP contribution in [0.2, 0.25) is 0 Å². The highest BCUT2D eigenvalue weighted by Crippen LogP contribution is 2.52. The largest absolute Gasteiger partial charge is 0.481 e. The van der Waals surface area contributed by atoms with Gasteiger partial charge in [0.25, 0.3) is 0 Å². The molecule has 5 rings (SSSR count). The number of methoxy groups -OCH3 is 2. The van der Waals surface area contributed by atoms with Crippen molar-refractivity contribution in [3.63, 3.8) is 0 Å². The minimum Gasteiger partial charge on any atom is -0.481 e. The molecule has 2 aliphatic heterocycles. The lowest BCUT2D eigenvalue weighted by Crippen LogP contribution is -2.54. The zero-order valence-electron chi connectivity index (χ0n) is 65.2. The van der Waals surface area contributed by atoms with Crippen molar-refractivity contribution in [3.8, 4) is 0 Å². The number of nitrogens with two attached hydrogens (primary N) is 1. The van der Waals surface area contributed by atoms with Gasteiger partial charge in [-0.3, -0.25) is 62.5 Å². The average Bonchev–Trinajstić information content (AvgIpc) is 1.62. The number of ether oxygens (including phenoxy) is 3. The van der Waals surface area contributed by atoms with Gasteiger partial charge in [-0.05, 0) is 118 Å². The van der Waals surface area contributed by atoms with E-state index in [-0.39, 0.29) is 167 Å². The number of nitrogens with one attached hydrogen (secondary N) is 2. The zero-order valence-corrected chi connectivity index (χ0v) is 66.0. The van der Waals surface area contributed by atoms with Crippen LogP contribution >= 0.6 is 11.8 Å². The SMILES string of the molecule is CC[C@H](C)[C@@H]([C@@H](CC(=O)N1C[C@@H](N(C)C(=O)OCc2ccc(CC(=O)[C@H](CCCCC(N)=O)NC(=O)[C@@H](CC(=O)CCCCCN3C(=O)CC(SCC4(CC(=O)O)CC4)C3=O)C(C)C)cc2)C[C@H]1[C@H](OC)[C@@H](C)C(=O)NCCc1c(F)cccc1F)OC)N(C)C(=O)[C@@H](CC(=O)[C@H](C(C)C)N(C)C)C(C)C. The molecule has 592 valence electrons. The summed E-state index contributed by atoms with van der Waals surface area (Å²) in [6.07, 6.45) is 2.10. The highest BCUT2D eigenvalue weighted by Gasteiger charge is 2.49. The summed E-state index contributed by atoms with van der Waals surface area (Å²) in [7, 11) is 9.79. The van der Waals surface area contributed by atoms with Crippen molar-refractivity contribution in [2.45, 2.75) is 239 Å². The van der Waals surface area contributed by atoms with Crippen LogP contribution in [-0.2, 0) is 86.4 Å². The van der Waals surface area contributed by atoms with Gasteiger partial charge in [0.2, 0.25) is 41.4 Å². The van der Waals surface area contributed by atoms with Crippen molar-refractivity contribution < 1.29 is 85.6 Å². The number of carbonyl (C=O) groups is 12. The highest BCUT2D eigenvalue weighted by molar-refractivity contribution is 8.00. The molecular formula is C79H120F2N8O16S. The monoisotopic (exact) mass is 1510 g/mol. The van der Waals surface area contributed by atoms with Gasteiger partial charge in [0, 0.05) is 110 Å². The number of imide groups is 1. The van der Waals surface area contributed by atoms with Gasteiger partial charge in [0.15, 0.2) is 11.6 Å². The Bertz CT molecular complexity index is 3310. The van der Waals surface area contributed by atoms with Crippen LogP contribution in [0.25, 0.3) is 0 Å². The molecule has 27 heteroatoms. The molecule has 2 aromatic carbocycles. The predicted octanol–water partition coefficient (Wildman–Crippen LogP) is 9.16. The molecule has 1 saturated carbocycles. The van der Waals surface area contributed by atoms with Crippen LogP contribution in [0.1, 0.15) is 188 Å². The molecule has 8 amide bonds. The second-order valence-corrected chi connectivity index (χ2v) is 32.2. The van der Waals surface area contributed by atoms with E-state index in [4.69, 9.17) is 19.9 Å². The third-order valence-corrected chi connectivity index (χ3v) is 23.3. The van der Waals surface area contributed by atoms with Crippen LogP contribution < -0.4 is 16.4 Å². The molecule has 24 nitrogen and oxygen atoms in total. The number of thioether (sulfide) groups is 1. The molecule has 1 unspecified atom stereocenters. The van der Waals surface area contributed by atoms with Gasteiger partial charge in [-0.25, -0.2) is 13.6 Å². The van der Waals surface area contributed by atoms with Crippen molar-refractivity contribution in [1.82, 2.24) is 35.1 Å². The van der Waals surface area contributed by atoms with Gasteiger partial charge < -0.3 is 50.4 Å². The van der Waals surface area contributed by atoms with Crippen molar-refractivity contribution >= 4 is 82.5 Å². The van der Waals surface area contributed by atoms with Crippen molar-refractivity contribution in [1.29, 1.82) is 0 Å². The molecule has 5 N–H and O–H groups in total. The van der Waals surface area contributed by atoms with Crippen molar-refractivity contribution in [2.24, 2.45) is 52.6 Å². The van der Waals surface area contributed by atoms with Crippen LogP contribution in [0.5, 0.6) is 0 Å². The molecule has 0 radical (unpaired) electrons. The van der Waals surface area contributed by atoms with E-state index in [1.165, 1.54) is 48.9 Å². The number of likely N-dealkylation sites (tertiary alicyclic amines) is 2. The minimum absolute atomic E-state index is 0.00328. The number of carboxylic acid groups (broad SMARTS) is 1. The Morgan fingerprint density at radius 3 is 1.96 bits per heavy atom. The number of aliphatic carboxylic acids is 1. The molecule has 3 aliphatic rings. The fraction of sp³-hybridized carbons (Fsp3) is 0.696. The molecular weight excluding hydrogens is 1390 g/mol. The van der Waals surface area contributed by atoms with Crippen LogP contribution in [0, 0.1) is 58.5 Å². The maximum absolute atomic E-state index is 15.2. The number of Topliss-reactive ketones (excluding diaryl/α,β-unsaturated/α-hetero) is 3. The van der Waals surface area contributed by atoms with Crippen molar-refractivity contribution in [2.75, 3.05) is 67.8 Å². The molecule has 12 atom stereocenters. The Hall–Kier alpha value is -7.23. The first-order chi connectivity index (χ1) is 50.0. The summed E-state index contributed by atoms with van der Waals surface area (Å²) in [6, 6.07) is 6.81. The lowest BCUT2D eigenvalue weighted by Gasteiger charge is -2.41. The lowest BCUT2D eigenvalue weighted by molar-refractivity contribution is -0.149. The fourth-order valence-corrected chi connectivity index (χ4v) is 16.4. The van der Waals surface area contributed by atoms with E-state index < -0.39 is 113 Å². The minimum atomic E-state index is -0.974. The number of halogens is 2. The number of amides is 8. The van der Waals surface area contributed by atoms with E-state index in [0.717, 1.165) is 25.0 Å². The summed E-state index contributed by atoms with van der Waals surface area (Å²) >= 11 is 1.36. The lowest BCUT2D eigenvalue weighted by atomic mass is 9.83. The first kappa shape index (κ1) is 89.4. The van der Waals surface area contributed by atoms with E-state index in [2.05, 4.69) is 10.6 Å². The summed E-state index contributed by atoms with van der Waals surface area (Å²) in [4.78, 5) is 170. The summed E-state index contributed by atoms with van der Waals surface area (Å²) < 4.78 is 47.3. The molecule has 0 bridgehead atoms. The summed E-state index contributed by atoms with van der Waals surface area (Å²) in [5.41, 5.74) is 6.08.